The Bertz CT molecular complexity index is 5770. The van der Waals surface area contributed by atoms with Crippen LogP contribution in [0.25, 0.3) is 0 Å². The van der Waals surface area contributed by atoms with Crippen molar-refractivity contribution in [2.24, 2.45) is 0 Å². The minimum atomic E-state index is -0.393. The highest BCUT2D eigenvalue weighted by Gasteiger charge is 2.25. The fourth-order valence-electron chi connectivity index (χ4n) is 12.2. The molecule has 0 bridgehead atoms. The van der Waals surface area contributed by atoms with Crippen molar-refractivity contribution in [1.82, 2.24) is 0 Å². The predicted molar refractivity (Wildman–Crippen MR) is 456 cm³/mol. The minimum Gasteiger partial charge on any atom is -0.508 e. The van der Waals surface area contributed by atoms with Crippen LogP contribution in [0.15, 0.2) is 382 Å². The number of ketones is 4. The van der Waals surface area contributed by atoms with Crippen molar-refractivity contribution in [1.29, 1.82) is 0 Å². The quantitative estimate of drug-likeness (QED) is 0.0723. The molecule has 15 rings (SSSR count). The molecular formula is C106H77F3O8. The first-order valence-electron chi connectivity index (χ1n) is 37.5. The highest BCUT2D eigenvalue weighted by Crippen LogP contribution is 2.37. The first-order chi connectivity index (χ1) is 56.6. The van der Waals surface area contributed by atoms with Crippen LogP contribution in [0.4, 0.5) is 13.2 Å². The molecule has 0 saturated carbocycles. The van der Waals surface area contributed by atoms with Gasteiger partial charge in [-0.3, -0.25) is 19.2 Å². The molecule has 0 radical (unpaired) electrons. The summed E-state index contributed by atoms with van der Waals surface area (Å²) in [4.78, 5) is 50.5. The monoisotopic (exact) mass is 1530 g/mol. The van der Waals surface area contributed by atoms with Crippen LogP contribution in [0.2, 0.25) is 0 Å². The van der Waals surface area contributed by atoms with E-state index < -0.39 is 11.6 Å². The second-order valence-corrected chi connectivity index (χ2v) is 28.1. The van der Waals surface area contributed by atoms with Crippen LogP contribution < -0.4 is 9.47 Å². The van der Waals surface area contributed by atoms with Gasteiger partial charge in [-0.1, -0.05) is 166 Å². The summed E-state index contributed by atoms with van der Waals surface area (Å²) in [7, 11) is 0. The topological polar surface area (TPSA) is 127 Å². The summed E-state index contributed by atoms with van der Waals surface area (Å²) in [6.45, 7) is 8.60. The fourth-order valence-corrected chi connectivity index (χ4v) is 12.2. The molecule has 8 nitrogen and oxygen atoms in total. The molecule has 0 aliphatic rings. The van der Waals surface area contributed by atoms with Gasteiger partial charge in [0.1, 0.15) is 51.9 Å². The van der Waals surface area contributed by atoms with Gasteiger partial charge in [-0.2, -0.15) is 0 Å². The van der Waals surface area contributed by atoms with E-state index in [-0.39, 0.29) is 51.3 Å². The zero-order chi connectivity index (χ0) is 82.1. The Balaban J connectivity index is 0.000000180. The number of ether oxygens (including phenoxy) is 2. The number of phenols is 2. The maximum atomic E-state index is 13.2. The number of carbonyl (C=O) groups excluding carboxylic acids is 4. The molecular weight excluding hydrogens is 1460 g/mol. The van der Waals surface area contributed by atoms with Crippen molar-refractivity contribution in [2.45, 2.75) is 38.5 Å². The Labute approximate surface area is 679 Å². The van der Waals surface area contributed by atoms with E-state index in [9.17, 15) is 42.6 Å². The van der Waals surface area contributed by atoms with Crippen LogP contribution in [0.5, 0.6) is 34.5 Å². The van der Waals surface area contributed by atoms with E-state index in [0.717, 1.165) is 55.6 Å². The predicted octanol–water partition coefficient (Wildman–Crippen LogP) is 23.9. The lowest BCUT2D eigenvalue weighted by atomic mass is 9.78. The van der Waals surface area contributed by atoms with Gasteiger partial charge in [0.15, 0.2) is 23.1 Å². The minimum absolute atomic E-state index is 0.0628. The molecule has 0 heterocycles. The summed E-state index contributed by atoms with van der Waals surface area (Å²) < 4.78 is 50.5. The Morgan fingerprint density at radius 2 is 0.385 bits per heavy atom. The molecule has 0 aliphatic heterocycles. The van der Waals surface area contributed by atoms with E-state index in [1.165, 1.54) is 72.8 Å². The van der Waals surface area contributed by atoms with Crippen molar-refractivity contribution in [3.8, 4) is 70.0 Å². The Morgan fingerprint density at radius 1 is 0.222 bits per heavy atom. The second-order valence-electron chi connectivity index (χ2n) is 28.1. The van der Waals surface area contributed by atoms with Crippen molar-refractivity contribution in [3.63, 3.8) is 0 Å². The smallest absolute Gasteiger partial charge is 0.193 e. The van der Waals surface area contributed by atoms with E-state index in [1.807, 2.05) is 224 Å². The maximum absolute atomic E-state index is 13.2. The molecule has 0 amide bonds. The van der Waals surface area contributed by atoms with Crippen molar-refractivity contribution < 1.29 is 52.0 Å². The first-order valence-corrected chi connectivity index (χ1v) is 37.5. The molecule has 15 aromatic rings. The highest BCUT2D eigenvalue weighted by molar-refractivity contribution is 6.11. The number of carbonyl (C=O) groups is 4. The van der Waals surface area contributed by atoms with Crippen molar-refractivity contribution >= 4 is 23.1 Å². The average molecular weight is 1540 g/mol. The summed E-state index contributed by atoms with van der Waals surface area (Å²) in [5.41, 5.74) is 13.6. The summed E-state index contributed by atoms with van der Waals surface area (Å²) in [6.07, 6.45) is 0. The molecule has 0 saturated heterocycles. The van der Waals surface area contributed by atoms with Crippen LogP contribution in [0, 0.1) is 53.0 Å². The standard InChI is InChI=1S/C57H40O4.C21H13FO.C15H16O2.C13H8F2O/c1-57(2,49-29-37-53(38-30-49)60-51-33-25-47(26-34-51)55(58)45-21-17-43(18-22-45)15-13-41-9-5-3-6-10-41)50-31-39-54(40-32-50)61-52-35-27-48(28-36-52)56(59)46-23-19-44(20-24-46)16-14-42-11-7-4-8-12-42;22-20-14-12-19(13-15-20)21(23)18-10-8-17(9-11-18)7-6-16-4-2-1-3-5-16;1-15(2,11-3-7-13(16)8-4-11)12-5-9-14(17)10-6-12;14-11-5-1-9(2-6-11)13(16)10-3-7-12(15)8-4-10/h3-12,17-40H,1-2H3;1-5,8-15H;3-10,16-17H,1-2H3;1-8H. The van der Waals surface area contributed by atoms with Gasteiger partial charge in [0, 0.05) is 88.7 Å². The maximum Gasteiger partial charge on any atom is 0.193 e. The third-order valence-corrected chi connectivity index (χ3v) is 19.2. The third-order valence-electron chi connectivity index (χ3n) is 19.2. The Kier molecular flexibility index (Phi) is 26.9. The lowest BCUT2D eigenvalue weighted by molar-refractivity contribution is 0.103. The number of aromatic hydroxyl groups is 2. The Morgan fingerprint density at radius 3 is 0.590 bits per heavy atom. The second kappa shape index (κ2) is 38.7. The zero-order valence-corrected chi connectivity index (χ0v) is 64.4. The van der Waals surface area contributed by atoms with E-state index in [1.54, 1.807) is 60.7 Å². The molecule has 570 valence electrons. The SMILES string of the molecule is CC(C)(c1ccc(O)cc1)c1ccc(O)cc1.CC(C)(c1ccc(Oc2ccc(C(=O)c3ccc(C#Cc4ccccc4)cc3)cc2)cc1)c1ccc(Oc2ccc(C(=O)c3ccc(C#Cc4ccccc4)cc3)cc2)cc1.O=C(c1ccc(F)cc1)c1ccc(C#Cc2ccccc2)cc1.O=C(c1ccc(F)cc1)c1ccc(F)cc1. The third kappa shape index (κ3) is 22.7. The lowest BCUT2D eigenvalue weighted by Crippen LogP contribution is -2.18. The van der Waals surface area contributed by atoms with Crippen molar-refractivity contribution in [3.05, 3.63) is 500 Å². The molecule has 15 aromatic carbocycles. The van der Waals surface area contributed by atoms with Gasteiger partial charge in [0.25, 0.3) is 0 Å². The number of hydrogen-bond acceptors (Lipinski definition) is 8. The number of hydrogen-bond donors (Lipinski definition) is 2. The number of benzene rings is 15. The summed E-state index contributed by atoms with van der Waals surface area (Å²) in [5.74, 6) is 20.3. The van der Waals surface area contributed by atoms with Gasteiger partial charge in [-0.05, 0) is 301 Å². The lowest BCUT2D eigenvalue weighted by Gasteiger charge is -2.26. The molecule has 0 unspecified atom stereocenters. The molecule has 117 heavy (non-hydrogen) atoms. The molecule has 0 aliphatic carbocycles. The van der Waals surface area contributed by atoms with Gasteiger partial charge in [0.2, 0.25) is 0 Å². The average Bonchev–Trinajstić information content (AvgIpc) is 0.803. The molecule has 2 N–H and O–H groups in total. The summed E-state index contributed by atoms with van der Waals surface area (Å²) >= 11 is 0. The van der Waals surface area contributed by atoms with Gasteiger partial charge < -0.3 is 19.7 Å². The largest absolute Gasteiger partial charge is 0.508 e. The van der Waals surface area contributed by atoms with Gasteiger partial charge in [-0.15, -0.1) is 0 Å². The van der Waals surface area contributed by atoms with E-state index >= 15 is 0 Å². The summed E-state index contributed by atoms with van der Waals surface area (Å²) in [5, 5.41) is 18.6. The van der Waals surface area contributed by atoms with Crippen LogP contribution >= 0.6 is 0 Å². The molecule has 0 atom stereocenters. The van der Waals surface area contributed by atoms with Crippen LogP contribution in [0.3, 0.4) is 0 Å². The fraction of sp³-hybridized carbons (Fsp3) is 0.0566. The molecule has 0 fully saturated rings. The number of phenolic OH excluding ortho intramolecular Hbond substituents is 2. The van der Waals surface area contributed by atoms with Gasteiger partial charge in [-0.25, -0.2) is 13.2 Å². The van der Waals surface area contributed by atoms with Gasteiger partial charge >= 0.3 is 0 Å². The Hall–Kier alpha value is -15.4. The number of halogens is 3. The van der Waals surface area contributed by atoms with E-state index in [2.05, 4.69) is 87.5 Å². The molecule has 11 heteroatoms. The van der Waals surface area contributed by atoms with Crippen LogP contribution in [-0.2, 0) is 10.8 Å². The zero-order valence-electron chi connectivity index (χ0n) is 64.4. The molecule has 0 aromatic heterocycles. The number of rotatable bonds is 16. The first kappa shape index (κ1) is 81.1. The van der Waals surface area contributed by atoms with Crippen LogP contribution in [-0.4, -0.2) is 33.3 Å². The van der Waals surface area contributed by atoms with E-state index in [0.29, 0.717) is 67.5 Å². The normalized spacial score (nSPS) is 10.5. The molecule has 0 spiro atoms. The van der Waals surface area contributed by atoms with Crippen LogP contribution in [0.1, 0.15) is 147 Å². The van der Waals surface area contributed by atoms with E-state index in [4.69, 9.17) is 9.47 Å². The van der Waals surface area contributed by atoms with Crippen molar-refractivity contribution in [2.75, 3.05) is 0 Å². The van der Waals surface area contributed by atoms with Gasteiger partial charge in [0.05, 0.1) is 0 Å². The summed E-state index contributed by atoms with van der Waals surface area (Å²) in [6, 6.07) is 112. The highest BCUT2D eigenvalue weighted by atomic mass is 19.1.